The van der Waals surface area contributed by atoms with Crippen molar-refractivity contribution >= 4 is 18.0 Å². The Hall–Kier alpha value is -2.18. The molecule has 3 saturated heterocycles. The van der Waals surface area contributed by atoms with Crippen molar-refractivity contribution in [3.05, 3.63) is 42.0 Å². The number of piperazine rings is 1. The van der Waals surface area contributed by atoms with Crippen LogP contribution >= 0.6 is 0 Å². The van der Waals surface area contributed by atoms with E-state index in [0.717, 1.165) is 32.5 Å². The summed E-state index contributed by atoms with van der Waals surface area (Å²) in [5, 5.41) is 11.5. The van der Waals surface area contributed by atoms with Crippen LogP contribution in [0.2, 0.25) is 0 Å². The highest BCUT2D eigenvalue weighted by Crippen LogP contribution is 2.44. The Morgan fingerprint density at radius 2 is 1.78 bits per heavy atom. The summed E-state index contributed by atoms with van der Waals surface area (Å²) in [7, 11) is 0. The fraction of sp³-hybridized carbons (Fsp3) is 0.524. The number of carbonyl (C=O) groups excluding carboxylic acids is 2. The average molecular weight is 370 g/mol. The fourth-order valence-electron chi connectivity index (χ4n) is 4.68. The first kappa shape index (κ1) is 18.2. The van der Waals surface area contributed by atoms with Crippen LogP contribution in [0.3, 0.4) is 0 Å². The molecule has 4 atom stereocenters. The van der Waals surface area contributed by atoms with Crippen LogP contribution in [0.4, 0.5) is 0 Å². The van der Waals surface area contributed by atoms with E-state index in [2.05, 4.69) is 24.3 Å². The Morgan fingerprint density at radius 3 is 2.44 bits per heavy atom. The molecule has 0 spiro atoms. The van der Waals surface area contributed by atoms with Crippen LogP contribution in [-0.2, 0) is 14.3 Å². The molecule has 0 saturated carbocycles. The third kappa shape index (κ3) is 3.77. The summed E-state index contributed by atoms with van der Waals surface area (Å²) < 4.78 is 5.70. The van der Waals surface area contributed by atoms with Crippen molar-refractivity contribution in [2.45, 2.75) is 25.0 Å². The normalized spacial score (nSPS) is 30.9. The van der Waals surface area contributed by atoms with Gasteiger partial charge in [-0.15, -0.1) is 0 Å². The van der Waals surface area contributed by atoms with Crippen molar-refractivity contribution in [3.63, 3.8) is 0 Å². The van der Waals surface area contributed by atoms with Gasteiger partial charge in [-0.2, -0.15) is 0 Å². The Kier molecular flexibility index (Phi) is 5.27. The molecule has 1 aromatic carbocycles. The van der Waals surface area contributed by atoms with Gasteiger partial charge >= 0.3 is 0 Å². The first-order valence-electron chi connectivity index (χ1n) is 9.84. The lowest BCUT2D eigenvalue weighted by atomic mass is 9.78. The third-order valence-corrected chi connectivity index (χ3v) is 6.13. The summed E-state index contributed by atoms with van der Waals surface area (Å²) in [5.74, 6) is -2.55. The summed E-state index contributed by atoms with van der Waals surface area (Å²) >= 11 is 0. The van der Waals surface area contributed by atoms with E-state index in [9.17, 15) is 14.7 Å². The minimum Gasteiger partial charge on any atom is -0.550 e. The Balaban J connectivity index is 1.29. The highest BCUT2D eigenvalue weighted by atomic mass is 16.5. The number of carbonyl (C=O) groups is 2. The lowest BCUT2D eigenvalue weighted by molar-refractivity contribution is -0.898. The Morgan fingerprint density at radius 1 is 1.11 bits per heavy atom. The smallest absolute Gasteiger partial charge is 0.229 e. The molecule has 1 amide bonds. The molecular weight excluding hydrogens is 344 g/mol. The van der Waals surface area contributed by atoms with Crippen LogP contribution in [0.1, 0.15) is 18.4 Å². The molecule has 2 bridgehead atoms. The minimum atomic E-state index is -1.14. The Labute approximate surface area is 159 Å². The topological polar surface area (TPSA) is 74.1 Å². The van der Waals surface area contributed by atoms with E-state index in [-0.39, 0.29) is 18.1 Å². The molecule has 1 aromatic rings. The molecule has 3 heterocycles. The standard InChI is InChI=1S/C21H26N2O4/c24-20(18-16-8-9-17(27-16)19(18)21(25)26)23-13-11-22(12-14-23)10-4-7-15-5-2-1-3-6-15/h1-7,16-19H,8-14H2,(H,25,26)/b7-4+/t16-,17+,18+,19-/m0/s1. The van der Waals surface area contributed by atoms with Crippen LogP contribution < -0.4 is 10.0 Å². The second kappa shape index (κ2) is 7.82. The lowest BCUT2D eigenvalue weighted by Crippen LogP contribution is -3.14. The summed E-state index contributed by atoms with van der Waals surface area (Å²) in [4.78, 5) is 27.7. The summed E-state index contributed by atoms with van der Waals surface area (Å²) in [6.07, 6.45) is 5.22. The number of nitrogens with zero attached hydrogens (tertiary/aromatic N) is 1. The van der Waals surface area contributed by atoms with Gasteiger partial charge in [0.2, 0.25) is 5.91 Å². The molecule has 6 nitrogen and oxygen atoms in total. The van der Waals surface area contributed by atoms with E-state index in [1.807, 2.05) is 23.1 Å². The fourth-order valence-corrected chi connectivity index (χ4v) is 4.68. The van der Waals surface area contributed by atoms with E-state index in [1.165, 1.54) is 10.5 Å². The van der Waals surface area contributed by atoms with Gasteiger partial charge in [0, 0.05) is 11.9 Å². The molecule has 0 aliphatic carbocycles. The molecule has 4 rings (SSSR count). The molecular formula is C21H26N2O4. The molecule has 3 aliphatic rings. The summed E-state index contributed by atoms with van der Waals surface area (Å²) in [5.41, 5.74) is 1.19. The number of ether oxygens (including phenoxy) is 1. The zero-order valence-corrected chi connectivity index (χ0v) is 15.4. The summed E-state index contributed by atoms with van der Waals surface area (Å²) in [6.45, 7) is 4.02. The molecule has 3 fully saturated rings. The van der Waals surface area contributed by atoms with Crippen LogP contribution in [0.5, 0.6) is 0 Å². The van der Waals surface area contributed by atoms with E-state index < -0.39 is 17.8 Å². The molecule has 6 heteroatoms. The predicted octanol–water partition coefficient (Wildman–Crippen LogP) is -1.03. The van der Waals surface area contributed by atoms with Crippen molar-refractivity contribution in [2.75, 3.05) is 32.7 Å². The predicted molar refractivity (Wildman–Crippen MR) is 97.5 cm³/mol. The quantitative estimate of drug-likeness (QED) is 0.719. The van der Waals surface area contributed by atoms with Crippen molar-refractivity contribution < 1.29 is 24.3 Å². The molecule has 0 aromatic heterocycles. The highest BCUT2D eigenvalue weighted by Gasteiger charge is 2.53. The van der Waals surface area contributed by atoms with Gasteiger partial charge in [0.05, 0.1) is 50.8 Å². The number of carboxylic acid groups (broad SMARTS) is 1. The average Bonchev–Trinajstić information content (AvgIpc) is 3.30. The number of hydrogen-bond donors (Lipinski definition) is 1. The van der Waals surface area contributed by atoms with Gasteiger partial charge in [0.25, 0.3) is 0 Å². The third-order valence-electron chi connectivity index (χ3n) is 6.13. The lowest BCUT2D eigenvalue weighted by Gasteiger charge is -2.36. The molecule has 144 valence electrons. The van der Waals surface area contributed by atoms with Crippen molar-refractivity contribution in [1.29, 1.82) is 0 Å². The van der Waals surface area contributed by atoms with E-state index >= 15 is 0 Å². The number of aliphatic carboxylic acids is 1. The van der Waals surface area contributed by atoms with Gasteiger partial charge in [0.15, 0.2) is 0 Å². The maximum atomic E-state index is 12.9. The zero-order valence-electron chi connectivity index (χ0n) is 15.4. The van der Waals surface area contributed by atoms with Gasteiger partial charge in [-0.3, -0.25) is 4.79 Å². The van der Waals surface area contributed by atoms with Crippen LogP contribution in [0, 0.1) is 11.8 Å². The number of hydrogen-bond acceptors (Lipinski definition) is 4. The molecule has 0 unspecified atom stereocenters. The minimum absolute atomic E-state index is 0.0599. The first-order chi connectivity index (χ1) is 13.1. The van der Waals surface area contributed by atoms with Crippen molar-refractivity contribution in [2.24, 2.45) is 11.8 Å². The number of quaternary nitrogens is 1. The number of benzene rings is 1. The van der Waals surface area contributed by atoms with Gasteiger partial charge in [-0.1, -0.05) is 36.4 Å². The van der Waals surface area contributed by atoms with E-state index in [4.69, 9.17) is 4.74 Å². The zero-order chi connectivity index (χ0) is 18.8. The number of rotatable bonds is 5. The summed E-state index contributed by atoms with van der Waals surface area (Å²) in [6, 6.07) is 10.2. The van der Waals surface area contributed by atoms with Crippen LogP contribution in [0.25, 0.3) is 6.08 Å². The number of fused-ring (bicyclic) bond motifs is 2. The van der Waals surface area contributed by atoms with Gasteiger partial charge in [0.1, 0.15) is 0 Å². The maximum Gasteiger partial charge on any atom is 0.229 e. The second-order valence-electron chi connectivity index (χ2n) is 7.75. The number of nitrogens with one attached hydrogen (secondary N) is 1. The number of carboxylic acids is 1. The first-order valence-corrected chi connectivity index (χ1v) is 9.84. The second-order valence-corrected chi connectivity index (χ2v) is 7.75. The molecule has 3 aliphatic heterocycles. The highest BCUT2D eigenvalue weighted by molar-refractivity contribution is 5.86. The van der Waals surface area contributed by atoms with Gasteiger partial charge < -0.3 is 24.4 Å². The van der Waals surface area contributed by atoms with E-state index in [0.29, 0.717) is 13.1 Å². The van der Waals surface area contributed by atoms with Crippen LogP contribution in [-0.4, -0.2) is 61.7 Å². The maximum absolute atomic E-state index is 12.9. The molecule has 0 radical (unpaired) electrons. The van der Waals surface area contributed by atoms with Gasteiger partial charge in [-0.05, 0) is 24.5 Å². The SMILES string of the molecule is O=C([O-])[C@@H]1[C@H](C(=O)N2CC[NH+](C/C=C/c3ccccc3)CC2)[C@@H]2CC[C@H]1O2. The van der Waals surface area contributed by atoms with Crippen molar-refractivity contribution in [1.82, 2.24) is 4.90 Å². The van der Waals surface area contributed by atoms with E-state index in [1.54, 1.807) is 0 Å². The van der Waals surface area contributed by atoms with Crippen LogP contribution in [0.15, 0.2) is 36.4 Å². The molecule has 1 N–H and O–H groups in total. The molecule has 27 heavy (non-hydrogen) atoms. The Bertz CT molecular complexity index is 712. The monoisotopic (exact) mass is 370 g/mol. The van der Waals surface area contributed by atoms with Gasteiger partial charge in [-0.25, -0.2) is 0 Å². The number of amides is 1. The van der Waals surface area contributed by atoms with Crippen molar-refractivity contribution in [3.8, 4) is 0 Å². The largest absolute Gasteiger partial charge is 0.550 e.